The van der Waals surface area contributed by atoms with Gasteiger partial charge in [0.25, 0.3) is 0 Å². The molecule has 0 saturated heterocycles. The molecule has 82 valence electrons. The number of methoxy groups -OCH3 is 1. The predicted octanol–water partition coefficient (Wildman–Crippen LogP) is 2.35. The van der Waals surface area contributed by atoms with Gasteiger partial charge in [0, 0.05) is 5.56 Å². The smallest absolute Gasteiger partial charge is 0.310 e. The summed E-state index contributed by atoms with van der Waals surface area (Å²) in [5, 5.41) is 8.86. The topological polar surface area (TPSA) is 46.5 Å². The van der Waals surface area contributed by atoms with Crippen LogP contribution in [0.2, 0.25) is 0 Å². The molecule has 0 aliphatic heterocycles. The molecule has 1 unspecified atom stereocenters. The molecule has 0 bridgehead atoms. The highest BCUT2D eigenvalue weighted by Crippen LogP contribution is 2.28. The van der Waals surface area contributed by atoms with Crippen LogP contribution in [0.25, 0.3) is 0 Å². The summed E-state index contributed by atoms with van der Waals surface area (Å²) < 4.78 is 17.8. The van der Waals surface area contributed by atoms with Crippen molar-refractivity contribution in [3.63, 3.8) is 0 Å². The van der Waals surface area contributed by atoms with Crippen LogP contribution in [0, 0.1) is 0 Å². The number of aliphatic carboxylic acids is 1. The lowest BCUT2D eigenvalue weighted by Crippen LogP contribution is -2.10. The molecule has 0 radical (unpaired) electrons. The van der Waals surface area contributed by atoms with Crippen LogP contribution in [-0.4, -0.2) is 18.2 Å². The van der Waals surface area contributed by atoms with Crippen molar-refractivity contribution in [3.05, 3.63) is 29.3 Å². The average molecular weight is 212 g/mol. The molecule has 3 nitrogen and oxygen atoms in total. The highest BCUT2D eigenvalue weighted by atomic mass is 19.1. The van der Waals surface area contributed by atoms with E-state index in [0.29, 0.717) is 16.9 Å². The van der Waals surface area contributed by atoms with Gasteiger partial charge in [0.15, 0.2) is 0 Å². The van der Waals surface area contributed by atoms with Crippen molar-refractivity contribution < 1.29 is 19.0 Å². The first kappa shape index (κ1) is 11.5. The molecule has 0 aliphatic carbocycles. The van der Waals surface area contributed by atoms with E-state index in [9.17, 15) is 9.18 Å². The van der Waals surface area contributed by atoms with Gasteiger partial charge in [-0.05, 0) is 18.6 Å². The van der Waals surface area contributed by atoms with Gasteiger partial charge in [0.05, 0.1) is 13.0 Å². The monoisotopic (exact) mass is 212 g/mol. The van der Waals surface area contributed by atoms with E-state index in [-0.39, 0.29) is 0 Å². The molecule has 4 heteroatoms. The van der Waals surface area contributed by atoms with Crippen LogP contribution >= 0.6 is 0 Å². The number of carboxylic acids is 1. The minimum absolute atomic E-state index is 0.315. The molecule has 15 heavy (non-hydrogen) atoms. The second-order valence-corrected chi connectivity index (χ2v) is 3.22. The second-order valence-electron chi connectivity index (χ2n) is 3.22. The van der Waals surface area contributed by atoms with Crippen LogP contribution in [0.15, 0.2) is 18.2 Å². The van der Waals surface area contributed by atoms with E-state index in [1.807, 2.05) is 0 Å². The minimum Gasteiger partial charge on any atom is -0.496 e. The van der Waals surface area contributed by atoms with Crippen molar-refractivity contribution >= 4 is 5.97 Å². The molecular weight excluding hydrogens is 199 g/mol. The van der Waals surface area contributed by atoms with Gasteiger partial charge in [-0.15, -0.1) is 0 Å². The first-order valence-electron chi connectivity index (χ1n) is 4.56. The van der Waals surface area contributed by atoms with Gasteiger partial charge >= 0.3 is 5.97 Å². The van der Waals surface area contributed by atoms with E-state index >= 15 is 0 Å². The van der Waals surface area contributed by atoms with Crippen LogP contribution in [0.4, 0.5) is 4.39 Å². The summed E-state index contributed by atoms with van der Waals surface area (Å²) in [7, 11) is 1.43. The van der Waals surface area contributed by atoms with E-state index < -0.39 is 18.6 Å². The van der Waals surface area contributed by atoms with Gasteiger partial charge in [-0.25, -0.2) is 4.39 Å². The molecule has 0 aromatic heterocycles. The van der Waals surface area contributed by atoms with Crippen LogP contribution in [0.5, 0.6) is 5.75 Å². The van der Waals surface area contributed by atoms with Crippen molar-refractivity contribution in [1.82, 2.24) is 0 Å². The third-order valence-electron chi connectivity index (χ3n) is 2.36. The Balaban J connectivity index is 3.22. The maximum atomic E-state index is 12.8. The first-order valence-corrected chi connectivity index (χ1v) is 4.56. The first-order chi connectivity index (χ1) is 7.11. The van der Waals surface area contributed by atoms with Gasteiger partial charge in [0.1, 0.15) is 12.4 Å². The van der Waals surface area contributed by atoms with Crippen molar-refractivity contribution in [2.45, 2.75) is 19.5 Å². The molecule has 1 aromatic carbocycles. The number of hydrogen-bond donors (Lipinski definition) is 1. The summed E-state index contributed by atoms with van der Waals surface area (Å²) in [5.74, 6) is -1.31. The average Bonchev–Trinajstić information content (AvgIpc) is 2.26. The third-order valence-corrected chi connectivity index (χ3v) is 2.36. The van der Waals surface area contributed by atoms with Crippen LogP contribution < -0.4 is 4.74 Å². The number of benzene rings is 1. The molecule has 0 fully saturated rings. The fraction of sp³-hybridized carbons (Fsp3) is 0.364. The second kappa shape index (κ2) is 4.77. The van der Waals surface area contributed by atoms with Crippen molar-refractivity contribution in [3.8, 4) is 5.75 Å². The molecular formula is C11H13FO3. The van der Waals surface area contributed by atoms with Gasteiger partial charge in [-0.1, -0.05) is 12.1 Å². The lowest BCUT2D eigenvalue weighted by Gasteiger charge is -2.13. The Morgan fingerprint density at radius 3 is 2.73 bits per heavy atom. The van der Waals surface area contributed by atoms with E-state index in [1.54, 1.807) is 18.2 Å². The van der Waals surface area contributed by atoms with Gasteiger partial charge in [0.2, 0.25) is 0 Å². The zero-order chi connectivity index (χ0) is 11.4. The standard InChI is InChI=1S/C11H13FO3/c1-7(11(13)14)8-4-3-5-10(15-2)9(8)6-12/h3-5,7H,6H2,1-2H3,(H,13,14). The highest BCUT2D eigenvalue weighted by Gasteiger charge is 2.19. The fourth-order valence-corrected chi connectivity index (χ4v) is 1.46. The Labute approximate surface area is 87.5 Å². The number of halogens is 1. The van der Waals surface area contributed by atoms with E-state index in [0.717, 1.165) is 0 Å². The molecule has 1 rings (SSSR count). The van der Waals surface area contributed by atoms with Gasteiger partial charge in [-0.2, -0.15) is 0 Å². The van der Waals surface area contributed by atoms with E-state index in [1.165, 1.54) is 14.0 Å². The molecule has 1 atom stereocenters. The summed E-state index contributed by atoms with van der Waals surface area (Å²) in [6.45, 7) is 0.799. The van der Waals surface area contributed by atoms with Crippen molar-refractivity contribution in [1.29, 1.82) is 0 Å². The normalized spacial score (nSPS) is 12.2. The van der Waals surface area contributed by atoms with Crippen molar-refractivity contribution in [2.75, 3.05) is 7.11 Å². The lowest BCUT2D eigenvalue weighted by atomic mass is 9.96. The Kier molecular flexibility index (Phi) is 3.66. The minimum atomic E-state index is -0.974. The van der Waals surface area contributed by atoms with Crippen LogP contribution in [0.3, 0.4) is 0 Å². The Bertz CT molecular complexity index is 363. The number of carboxylic acid groups (broad SMARTS) is 1. The molecule has 0 spiro atoms. The number of rotatable bonds is 4. The number of ether oxygens (including phenoxy) is 1. The van der Waals surface area contributed by atoms with E-state index in [4.69, 9.17) is 9.84 Å². The SMILES string of the molecule is COc1cccc(C(C)C(=O)O)c1CF. The molecule has 0 aliphatic rings. The molecule has 0 saturated carbocycles. The zero-order valence-corrected chi connectivity index (χ0v) is 8.66. The van der Waals surface area contributed by atoms with Gasteiger partial charge < -0.3 is 9.84 Å². The van der Waals surface area contributed by atoms with Gasteiger partial charge in [-0.3, -0.25) is 4.79 Å². The lowest BCUT2D eigenvalue weighted by molar-refractivity contribution is -0.138. The quantitative estimate of drug-likeness (QED) is 0.833. The number of hydrogen-bond acceptors (Lipinski definition) is 2. The molecule has 0 amide bonds. The molecule has 0 heterocycles. The van der Waals surface area contributed by atoms with E-state index in [2.05, 4.69) is 0 Å². The van der Waals surface area contributed by atoms with Crippen molar-refractivity contribution in [2.24, 2.45) is 0 Å². The summed E-state index contributed by atoms with van der Waals surface area (Å²) in [4.78, 5) is 10.8. The summed E-state index contributed by atoms with van der Waals surface area (Å²) >= 11 is 0. The van der Waals surface area contributed by atoms with Crippen LogP contribution in [0.1, 0.15) is 24.0 Å². The maximum absolute atomic E-state index is 12.8. The number of alkyl halides is 1. The Hall–Kier alpha value is -1.58. The highest BCUT2D eigenvalue weighted by molar-refractivity contribution is 5.76. The largest absolute Gasteiger partial charge is 0.496 e. The fourth-order valence-electron chi connectivity index (χ4n) is 1.46. The zero-order valence-electron chi connectivity index (χ0n) is 8.66. The molecule has 1 aromatic rings. The summed E-state index contributed by atoms with van der Waals surface area (Å²) in [6, 6.07) is 4.88. The predicted molar refractivity (Wildman–Crippen MR) is 53.9 cm³/mol. The third kappa shape index (κ3) is 2.26. The van der Waals surface area contributed by atoms with Crippen LogP contribution in [-0.2, 0) is 11.5 Å². The summed E-state index contributed by atoms with van der Waals surface area (Å²) in [5.41, 5.74) is 0.777. The Morgan fingerprint density at radius 1 is 1.60 bits per heavy atom. The number of carbonyl (C=O) groups is 1. The maximum Gasteiger partial charge on any atom is 0.310 e. The Morgan fingerprint density at radius 2 is 2.27 bits per heavy atom. The molecule has 1 N–H and O–H groups in total. The summed E-state index contributed by atoms with van der Waals surface area (Å²) in [6.07, 6.45) is 0.